The maximum Gasteiger partial charge on any atom is 0.273 e. The number of rotatable bonds is 7. The van der Waals surface area contributed by atoms with Gasteiger partial charge >= 0.3 is 0 Å². The highest BCUT2D eigenvalue weighted by Gasteiger charge is 2.19. The van der Waals surface area contributed by atoms with E-state index in [1.54, 1.807) is 6.20 Å². The number of amides is 1. The van der Waals surface area contributed by atoms with Gasteiger partial charge in [0, 0.05) is 50.0 Å². The van der Waals surface area contributed by atoms with E-state index in [-0.39, 0.29) is 5.91 Å². The summed E-state index contributed by atoms with van der Waals surface area (Å²) in [7, 11) is 4.03. The van der Waals surface area contributed by atoms with Crippen molar-refractivity contribution in [2.45, 2.75) is 13.5 Å². The molecule has 158 valence electrons. The number of thiazole rings is 1. The molecule has 7 heteroatoms. The monoisotopic (exact) mass is 431 g/mol. The molecule has 0 saturated heterocycles. The molecule has 1 amide bonds. The lowest BCUT2D eigenvalue weighted by Gasteiger charge is -2.20. The summed E-state index contributed by atoms with van der Waals surface area (Å²) in [6.07, 6.45) is 3.72. The molecule has 0 saturated carbocycles. The molecule has 0 N–H and O–H groups in total. The second-order valence-corrected chi connectivity index (χ2v) is 8.29. The van der Waals surface area contributed by atoms with Crippen LogP contribution in [0.1, 0.15) is 23.0 Å². The lowest BCUT2D eigenvalue weighted by Crippen LogP contribution is -2.30. The summed E-state index contributed by atoms with van der Waals surface area (Å²) in [5.74, 6) is -0.0582. The van der Waals surface area contributed by atoms with Gasteiger partial charge in [0.05, 0.1) is 11.9 Å². The lowest BCUT2D eigenvalue weighted by atomic mass is 10.2. The lowest BCUT2D eigenvalue weighted by molar-refractivity contribution is 0.0747. The van der Waals surface area contributed by atoms with E-state index in [2.05, 4.69) is 39.2 Å². The van der Waals surface area contributed by atoms with Gasteiger partial charge in [-0.1, -0.05) is 30.3 Å². The summed E-state index contributed by atoms with van der Waals surface area (Å²) >= 11 is 1.46. The average molecular weight is 432 g/mol. The molecule has 2 heterocycles. The van der Waals surface area contributed by atoms with Crippen molar-refractivity contribution in [1.29, 1.82) is 0 Å². The van der Waals surface area contributed by atoms with Crippen LogP contribution in [0, 0.1) is 0 Å². The number of hydrogen-bond acceptors (Lipinski definition) is 5. The standard InChI is InChI=1S/C24H25N5OS/c1-4-28(15-18-10-12-20(13-11-18)27(2)3)24(30)22-17-31-23(26-22)19-14-25-29(16-19)21-8-6-5-7-9-21/h5-14,16-17H,4,15H2,1-3H3. The van der Waals surface area contributed by atoms with Crippen molar-refractivity contribution >= 4 is 22.9 Å². The Balaban J connectivity index is 1.48. The fraction of sp³-hybridized carbons (Fsp3) is 0.208. The highest BCUT2D eigenvalue weighted by molar-refractivity contribution is 7.13. The molecule has 0 aliphatic heterocycles. The van der Waals surface area contributed by atoms with E-state index in [0.29, 0.717) is 18.8 Å². The maximum absolute atomic E-state index is 13.1. The molecule has 6 nitrogen and oxygen atoms in total. The van der Waals surface area contributed by atoms with E-state index in [0.717, 1.165) is 27.5 Å². The van der Waals surface area contributed by atoms with E-state index in [9.17, 15) is 4.79 Å². The molecule has 2 aromatic carbocycles. The van der Waals surface area contributed by atoms with Gasteiger partial charge in [0.1, 0.15) is 10.7 Å². The quantitative estimate of drug-likeness (QED) is 0.425. The molecule has 0 unspecified atom stereocenters. The molecular weight excluding hydrogens is 406 g/mol. The van der Waals surface area contributed by atoms with Gasteiger partial charge in [0.15, 0.2) is 0 Å². The third kappa shape index (κ3) is 4.67. The van der Waals surface area contributed by atoms with Crippen LogP contribution >= 0.6 is 11.3 Å². The van der Waals surface area contributed by atoms with Crippen LogP contribution in [0.4, 0.5) is 5.69 Å². The topological polar surface area (TPSA) is 54.3 Å². The molecule has 31 heavy (non-hydrogen) atoms. The van der Waals surface area contributed by atoms with Crippen molar-refractivity contribution in [2.75, 3.05) is 25.5 Å². The third-order valence-corrected chi connectivity index (χ3v) is 5.96. The normalized spacial score (nSPS) is 10.8. The van der Waals surface area contributed by atoms with Crippen LogP contribution in [-0.2, 0) is 6.54 Å². The first-order valence-electron chi connectivity index (χ1n) is 10.2. The van der Waals surface area contributed by atoms with E-state index in [1.165, 1.54) is 11.3 Å². The Bertz CT molecular complexity index is 1150. The van der Waals surface area contributed by atoms with Gasteiger partial charge in [0.2, 0.25) is 0 Å². The van der Waals surface area contributed by atoms with Crippen LogP contribution in [0.3, 0.4) is 0 Å². The summed E-state index contributed by atoms with van der Waals surface area (Å²) in [6, 6.07) is 18.2. The minimum Gasteiger partial charge on any atom is -0.378 e. The third-order valence-electron chi connectivity index (χ3n) is 5.07. The zero-order valence-electron chi connectivity index (χ0n) is 17.9. The van der Waals surface area contributed by atoms with Crippen LogP contribution in [0.2, 0.25) is 0 Å². The maximum atomic E-state index is 13.1. The fourth-order valence-electron chi connectivity index (χ4n) is 3.27. The number of hydrogen-bond donors (Lipinski definition) is 0. The molecular formula is C24H25N5OS. The van der Waals surface area contributed by atoms with Crippen LogP contribution < -0.4 is 4.90 Å². The predicted octanol–water partition coefficient (Wildman–Crippen LogP) is 4.72. The van der Waals surface area contributed by atoms with Crippen LogP contribution in [0.25, 0.3) is 16.3 Å². The van der Waals surface area contributed by atoms with E-state index in [1.807, 2.05) is 72.5 Å². The van der Waals surface area contributed by atoms with Crippen molar-refractivity contribution in [3.05, 3.63) is 83.6 Å². The zero-order valence-corrected chi connectivity index (χ0v) is 18.7. The van der Waals surface area contributed by atoms with Gasteiger partial charge < -0.3 is 9.80 Å². The Morgan fingerprint density at radius 2 is 1.81 bits per heavy atom. The number of para-hydroxylation sites is 1. The Labute approximate surface area is 186 Å². The van der Waals surface area contributed by atoms with Crippen molar-refractivity contribution < 1.29 is 4.79 Å². The molecule has 2 aromatic heterocycles. The minimum absolute atomic E-state index is 0.0582. The van der Waals surface area contributed by atoms with Gasteiger partial charge in [-0.15, -0.1) is 11.3 Å². The number of benzene rings is 2. The van der Waals surface area contributed by atoms with Gasteiger partial charge in [-0.05, 0) is 36.8 Å². The summed E-state index contributed by atoms with van der Waals surface area (Å²) in [5, 5.41) is 7.05. The molecule has 0 bridgehead atoms. The summed E-state index contributed by atoms with van der Waals surface area (Å²) in [5.41, 5.74) is 4.59. The molecule has 0 radical (unpaired) electrons. The largest absolute Gasteiger partial charge is 0.378 e. The van der Waals surface area contributed by atoms with Crippen LogP contribution in [0.5, 0.6) is 0 Å². The molecule has 0 aliphatic carbocycles. The summed E-state index contributed by atoms with van der Waals surface area (Å²) in [6.45, 7) is 3.16. The van der Waals surface area contributed by atoms with E-state index >= 15 is 0 Å². The van der Waals surface area contributed by atoms with E-state index < -0.39 is 0 Å². The van der Waals surface area contributed by atoms with Gasteiger partial charge in [-0.25, -0.2) is 9.67 Å². The smallest absolute Gasteiger partial charge is 0.273 e. The molecule has 0 aliphatic rings. The van der Waals surface area contributed by atoms with Gasteiger partial charge in [-0.3, -0.25) is 4.79 Å². The van der Waals surface area contributed by atoms with Crippen molar-refractivity contribution in [3.63, 3.8) is 0 Å². The Morgan fingerprint density at radius 3 is 2.48 bits per heavy atom. The van der Waals surface area contributed by atoms with Crippen LogP contribution in [0.15, 0.2) is 72.4 Å². The SMILES string of the molecule is CCN(Cc1ccc(N(C)C)cc1)C(=O)c1csc(-c2cnn(-c3ccccc3)c2)n1. The predicted molar refractivity (Wildman–Crippen MR) is 126 cm³/mol. The molecule has 0 fully saturated rings. The van der Waals surface area contributed by atoms with E-state index in [4.69, 9.17) is 0 Å². The first kappa shape index (κ1) is 20.8. The second kappa shape index (κ2) is 9.14. The number of nitrogens with zero attached hydrogens (tertiary/aromatic N) is 5. The highest BCUT2D eigenvalue weighted by atomic mass is 32.1. The average Bonchev–Trinajstić information content (AvgIpc) is 3.48. The molecule has 0 atom stereocenters. The summed E-state index contributed by atoms with van der Waals surface area (Å²) < 4.78 is 1.81. The highest BCUT2D eigenvalue weighted by Crippen LogP contribution is 2.25. The van der Waals surface area contributed by atoms with Crippen molar-refractivity contribution in [2.24, 2.45) is 0 Å². The Hall–Kier alpha value is -3.45. The van der Waals surface area contributed by atoms with Gasteiger partial charge in [0.25, 0.3) is 5.91 Å². The van der Waals surface area contributed by atoms with Crippen molar-refractivity contribution in [1.82, 2.24) is 19.7 Å². The first-order valence-corrected chi connectivity index (χ1v) is 11.0. The van der Waals surface area contributed by atoms with Gasteiger partial charge in [-0.2, -0.15) is 5.10 Å². The van der Waals surface area contributed by atoms with Crippen LogP contribution in [-0.4, -0.2) is 46.2 Å². The second-order valence-electron chi connectivity index (χ2n) is 7.43. The number of aromatic nitrogens is 3. The molecule has 0 spiro atoms. The Kier molecular flexibility index (Phi) is 6.13. The number of carbonyl (C=O) groups excluding carboxylic acids is 1. The summed E-state index contributed by atoms with van der Waals surface area (Å²) in [4.78, 5) is 21.5. The number of anilines is 1. The molecule has 4 rings (SSSR count). The number of carbonyl (C=O) groups is 1. The zero-order chi connectivity index (χ0) is 21.8. The molecule has 4 aromatic rings. The minimum atomic E-state index is -0.0582. The first-order chi connectivity index (χ1) is 15.0. The van der Waals surface area contributed by atoms with Crippen molar-refractivity contribution in [3.8, 4) is 16.3 Å². The Morgan fingerprint density at radius 1 is 1.06 bits per heavy atom. The fourth-order valence-corrected chi connectivity index (χ4v) is 4.04.